The van der Waals surface area contributed by atoms with E-state index in [1.807, 2.05) is 14.0 Å². The molecule has 1 aromatic rings. The molecule has 1 N–H and O–H groups in total. The van der Waals surface area contributed by atoms with Gasteiger partial charge in [-0.25, -0.2) is 0 Å². The molecular weight excluding hydrogens is 198 g/mol. The molecule has 16 heavy (non-hydrogen) atoms. The summed E-state index contributed by atoms with van der Waals surface area (Å²) in [4.78, 5) is 0. The lowest BCUT2D eigenvalue weighted by Crippen LogP contribution is -2.32. The van der Waals surface area contributed by atoms with Crippen molar-refractivity contribution in [1.82, 2.24) is 5.32 Å². The Morgan fingerprint density at radius 3 is 2.31 bits per heavy atom. The van der Waals surface area contributed by atoms with Gasteiger partial charge in [-0.3, -0.25) is 0 Å². The standard InChI is InChI=1S/C14H23NO/c1-5-16-10-14(15-4)9-13-7-11(2)6-12(3)8-13/h6-8,14-15H,5,9-10H2,1-4H3. The summed E-state index contributed by atoms with van der Waals surface area (Å²) in [5.41, 5.74) is 4.05. The van der Waals surface area contributed by atoms with Crippen molar-refractivity contribution in [3.8, 4) is 0 Å². The first-order chi connectivity index (χ1) is 7.65. The fraction of sp³-hybridized carbons (Fsp3) is 0.571. The van der Waals surface area contributed by atoms with Gasteiger partial charge in [-0.2, -0.15) is 0 Å². The second kappa shape index (κ2) is 6.66. The van der Waals surface area contributed by atoms with E-state index in [9.17, 15) is 0 Å². The summed E-state index contributed by atoms with van der Waals surface area (Å²) in [6.07, 6.45) is 1.03. The summed E-state index contributed by atoms with van der Waals surface area (Å²) in [7, 11) is 1.99. The van der Waals surface area contributed by atoms with E-state index in [0.29, 0.717) is 6.04 Å². The van der Waals surface area contributed by atoms with E-state index in [1.54, 1.807) is 0 Å². The number of benzene rings is 1. The summed E-state index contributed by atoms with van der Waals surface area (Å²) >= 11 is 0. The Labute approximate surface area is 99.0 Å². The third-order valence-electron chi connectivity index (χ3n) is 2.69. The van der Waals surface area contributed by atoms with Crippen LogP contribution in [0.3, 0.4) is 0 Å². The lowest BCUT2D eigenvalue weighted by Gasteiger charge is -2.16. The predicted molar refractivity (Wildman–Crippen MR) is 69.0 cm³/mol. The lowest BCUT2D eigenvalue weighted by atomic mass is 10.0. The molecule has 0 saturated heterocycles. The van der Waals surface area contributed by atoms with Crippen molar-refractivity contribution in [1.29, 1.82) is 0 Å². The highest BCUT2D eigenvalue weighted by Gasteiger charge is 2.07. The van der Waals surface area contributed by atoms with E-state index in [0.717, 1.165) is 19.6 Å². The van der Waals surface area contributed by atoms with Gasteiger partial charge >= 0.3 is 0 Å². The molecule has 1 aromatic carbocycles. The Balaban J connectivity index is 2.62. The Bertz CT molecular complexity index is 302. The summed E-state index contributed by atoms with van der Waals surface area (Å²) in [6.45, 7) is 7.88. The van der Waals surface area contributed by atoms with Gasteiger partial charge in [0.25, 0.3) is 0 Å². The van der Waals surface area contributed by atoms with E-state index in [2.05, 4.69) is 37.4 Å². The Morgan fingerprint density at radius 2 is 1.81 bits per heavy atom. The molecule has 0 bridgehead atoms. The number of aryl methyl sites for hydroxylation is 2. The fourth-order valence-corrected chi connectivity index (χ4v) is 1.98. The normalized spacial score (nSPS) is 12.8. The molecule has 0 fully saturated rings. The van der Waals surface area contributed by atoms with Gasteiger partial charge < -0.3 is 10.1 Å². The summed E-state index contributed by atoms with van der Waals surface area (Å²) in [5.74, 6) is 0. The third-order valence-corrected chi connectivity index (χ3v) is 2.69. The molecular formula is C14H23NO. The average Bonchev–Trinajstić information content (AvgIpc) is 2.22. The maximum absolute atomic E-state index is 5.46. The smallest absolute Gasteiger partial charge is 0.0622 e. The molecule has 1 unspecified atom stereocenters. The van der Waals surface area contributed by atoms with Crippen LogP contribution in [0.15, 0.2) is 18.2 Å². The van der Waals surface area contributed by atoms with Gasteiger partial charge in [0.2, 0.25) is 0 Å². The molecule has 0 radical (unpaired) electrons. The zero-order valence-electron chi connectivity index (χ0n) is 10.8. The summed E-state index contributed by atoms with van der Waals surface area (Å²) in [5, 5.41) is 3.30. The monoisotopic (exact) mass is 221 g/mol. The molecule has 1 rings (SSSR count). The number of rotatable bonds is 6. The molecule has 0 aliphatic carbocycles. The molecule has 0 saturated carbocycles. The van der Waals surface area contributed by atoms with E-state index < -0.39 is 0 Å². The van der Waals surface area contributed by atoms with Gasteiger partial charge in [-0.1, -0.05) is 29.3 Å². The maximum atomic E-state index is 5.46. The van der Waals surface area contributed by atoms with Crippen molar-refractivity contribution in [3.05, 3.63) is 34.9 Å². The van der Waals surface area contributed by atoms with Crippen LogP contribution in [0.2, 0.25) is 0 Å². The topological polar surface area (TPSA) is 21.3 Å². The minimum absolute atomic E-state index is 0.404. The van der Waals surface area contributed by atoms with Gasteiger partial charge in [0.1, 0.15) is 0 Å². The quantitative estimate of drug-likeness (QED) is 0.797. The van der Waals surface area contributed by atoms with Crippen LogP contribution in [0.5, 0.6) is 0 Å². The zero-order chi connectivity index (χ0) is 12.0. The Morgan fingerprint density at radius 1 is 1.19 bits per heavy atom. The summed E-state index contributed by atoms with van der Waals surface area (Å²) < 4.78 is 5.46. The van der Waals surface area contributed by atoms with Crippen LogP contribution < -0.4 is 5.32 Å². The molecule has 0 aliphatic heterocycles. The van der Waals surface area contributed by atoms with Crippen molar-refractivity contribution < 1.29 is 4.74 Å². The van der Waals surface area contributed by atoms with Gasteiger partial charge in [-0.15, -0.1) is 0 Å². The van der Waals surface area contributed by atoms with Gasteiger partial charge in [0.15, 0.2) is 0 Å². The molecule has 0 spiro atoms. The predicted octanol–water partition coefficient (Wildman–Crippen LogP) is 2.47. The largest absolute Gasteiger partial charge is 0.380 e. The Kier molecular flexibility index (Phi) is 5.50. The van der Waals surface area contributed by atoms with Crippen LogP contribution in [0.25, 0.3) is 0 Å². The van der Waals surface area contributed by atoms with Crippen LogP contribution in [-0.4, -0.2) is 26.3 Å². The Hall–Kier alpha value is -0.860. The second-order valence-electron chi connectivity index (χ2n) is 4.35. The van der Waals surface area contributed by atoms with Crippen molar-refractivity contribution >= 4 is 0 Å². The molecule has 0 heterocycles. The van der Waals surface area contributed by atoms with Crippen molar-refractivity contribution in [2.24, 2.45) is 0 Å². The molecule has 0 aromatic heterocycles. The average molecular weight is 221 g/mol. The van der Waals surface area contributed by atoms with Gasteiger partial charge in [0, 0.05) is 12.6 Å². The first-order valence-electron chi connectivity index (χ1n) is 5.98. The molecule has 2 heteroatoms. The molecule has 1 atom stereocenters. The number of hydrogen-bond donors (Lipinski definition) is 1. The van der Waals surface area contributed by atoms with Crippen LogP contribution in [0, 0.1) is 13.8 Å². The highest BCUT2D eigenvalue weighted by Crippen LogP contribution is 2.11. The first kappa shape index (κ1) is 13.2. The van der Waals surface area contributed by atoms with E-state index >= 15 is 0 Å². The first-order valence-corrected chi connectivity index (χ1v) is 5.98. The zero-order valence-corrected chi connectivity index (χ0v) is 10.8. The molecule has 2 nitrogen and oxygen atoms in total. The van der Waals surface area contributed by atoms with Gasteiger partial charge in [0.05, 0.1) is 6.61 Å². The van der Waals surface area contributed by atoms with Crippen molar-refractivity contribution in [2.75, 3.05) is 20.3 Å². The fourth-order valence-electron chi connectivity index (χ4n) is 1.98. The number of ether oxygens (including phenoxy) is 1. The van der Waals surface area contributed by atoms with Crippen molar-refractivity contribution in [3.63, 3.8) is 0 Å². The minimum Gasteiger partial charge on any atom is -0.380 e. The maximum Gasteiger partial charge on any atom is 0.0622 e. The highest BCUT2D eigenvalue weighted by molar-refractivity contribution is 5.29. The van der Waals surface area contributed by atoms with Crippen LogP contribution in [0.1, 0.15) is 23.6 Å². The van der Waals surface area contributed by atoms with E-state index in [1.165, 1.54) is 16.7 Å². The molecule has 0 aliphatic rings. The van der Waals surface area contributed by atoms with Crippen LogP contribution in [-0.2, 0) is 11.2 Å². The number of hydrogen-bond acceptors (Lipinski definition) is 2. The second-order valence-corrected chi connectivity index (χ2v) is 4.35. The van der Waals surface area contributed by atoms with Gasteiger partial charge in [-0.05, 0) is 39.8 Å². The number of nitrogens with one attached hydrogen (secondary N) is 1. The molecule has 90 valence electrons. The SMILES string of the molecule is CCOCC(Cc1cc(C)cc(C)c1)NC. The lowest BCUT2D eigenvalue weighted by molar-refractivity contribution is 0.125. The highest BCUT2D eigenvalue weighted by atomic mass is 16.5. The van der Waals surface area contributed by atoms with E-state index in [-0.39, 0.29) is 0 Å². The van der Waals surface area contributed by atoms with Crippen molar-refractivity contribution in [2.45, 2.75) is 33.2 Å². The summed E-state index contributed by atoms with van der Waals surface area (Å²) in [6, 6.07) is 7.12. The minimum atomic E-state index is 0.404. The van der Waals surface area contributed by atoms with Crippen LogP contribution >= 0.6 is 0 Å². The number of likely N-dealkylation sites (N-methyl/N-ethyl adjacent to an activating group) is 1. The molecule has 0 amide bonds. The van der Waals surface area contributed by atoms with E-state index in [4.69, 9.17) is 4.74 Å². The third kappa shape index (κ3) is 4.33. The van der Waals surface area contributed by atoms with Crippen LogP contribution in [0.4, 0.5) is 0 Å².